The normalized spacial score (nSPS) is 13.4. The van der Waals surface area contributed by atoms with Crippen molar-refractivity contribution in [2.45, 2.75) is 249 Å². The molecule has 0 saturated heterocycles. The molecule has 0 rings (SSSR count). The number of aliphatic hydroxyl groups is 5. The number of aliphatic hydroxyl groups excluding tert-OH is 5. The zero-order valence-electron chi connectivity index (χ0n) is 46.9. The summed E-state index contributed by atoms with van der Waals surface area (Å²) in [6.07, 6.45) is 35.5. The van der Waals surface area contributed by atoms with Crippen molar-refractivity contribution < 1.29 is 35.1 Å². The highest BCUT2D eigenvalue weighted by Gasteiger charge is 2.34. The molecule has 0 aromatic carbocycles. The fourth-order valence-electron chi connectivity index (χ4n) is 9.23. The number of hydrogen-bond acceptors (Lipinski definition) is 13. The second-order valence-corrected chi connectivity index (χ2v) is 21.0. The van der Waals surface area contributed by atoms with Gasteiger partial charge in [-0.15, -0.1) is 0 Å². The van der Waals surface area contributed by atoms with Gasteiger partial charge in [0.2, 0.25) is 5.91 Å². The number of carbonyl (C=O) groups is 2. The fourth-order valence-corrected chi connectivity index (χ4v) is 9.23. The van der Waals surface area contributed by atoms with Crippen LogP contribution < -0.4 is 42.5 Å². The smallest absolute Gasteiger partial charge is 0.251 e. The first-order chi connectivity index (χ1) is 35.3. The van der Waals surface area contributed by atoms with Gasteiger partial charge in [0.25, 0.3) is 5.91 Å². The van der Waals surface area contributed by atoms with E-state index in [4.69, 9.17) is 5.11 Å². The van der Waals surface area contributed by atoms with Crippen molar-refractivity contribution in [1.29, 1.82) is 0 Å². The molecular weight excluding hydrogens is 909 g/mol. The fraction of sp³-hybridized carbons (Fsp3) is 0.965. The first kappa shape index (κ1) is 70.5. The zero-order valence-corrected chi connectivity index (χ0v) is 46.9. The summed E-state index contributed by atoms with van der Waals surface area (Å²) in [5.41, 5.74) is 0. The van der Waals surface area contributed by atoms with Crippen molar-refractivity contribution in [3.8, 4) is 0 Å². The number of carbonyl (C=O) groups excluding carboxylic acids is 2. The second-order valence-electron chi connectivity index (χ2n) is 21.0. The average molecular weight is 1030 g/mol. The third-order valence-corrected chi connectivity index (χ3v) is 14.1. The highest BCUT2D eigenvalue weighted by atomic mass is 16.4. The summed E-state index contributed by atoms with van der Waals surface area (Å²) in [4.78, 5) is 24.4. The Kier molecular flexibility index (Phi) is 56.0. The van der Waals surface area contributed by atoms with E-state index in [2.05, 4.69) is 42.5 Å². The Labute approximate surface area is 442 Å². The summed E-state index contributed by atoms with van der Waals surface area (Å²) in [5.74, 6) is 0.107. The highest BCUT2D eigenvalue weighted by Crippen LogP contribution is 2.16. The monoisotopic (exact) mass is 1030 g/mol. The molecule has 2 amide bonds. The molecule has 4 atom stereocenters. The van der Waals surface area contributed by atoms with E-state index in [1.165, 1.54) is 186 Å². The molecule has 0 spiro atoms. The average Bonchev–Trinajstić information content (AvgIpc) is 3.39. The van der Waals surface area contributed by atoms with Crippen LogP contribution in [0.15, 0.2) is 0 Å². The lowest BCUT2D eigenvalue weighted by Crippen LogP contribution is -2.51. The Bertz CT molecular complexity index is 1090. The largest absolute Gasteiger partial charge is 0.394 e. The minimum atomic E-state index is -1.87. The molecule has 0 unspecified atom stereocenters. The summed E-state index contributed by atoms with van der Waals surface area (Å²) >= 11 is 0. The van der Waals surface area contributed by atoms with Crippen molar-refractivity contribution >= 4 is 11.8 Å². The summed E-state index contributed by atoms with van der Waals surface area (Å²) in [6.45, 7) is 11.5. The molecule has 0 aliphatic heterocycles. The zero-order chi connectivity index (χ0) is 52.6. The molecule has 0 aliphatic rings. The van der Waals surface area contributed by atoms with Gasteiger partial charge in [-0.05, 0) is 163 Å². The molecule has 13 N–H and O–H groups in total. The van der Waals surface area contributed by atoms with Gasteiger partial charge in [0, 0.05) is 19.5 Å². The van der Waals surface area contributed by atoms with E-state index < -0.39 is 36.9 Å². The Morgan fingerprint density at radius 2 is 0.681 bits per heavy atom. The first-order valence-electron chi connectivity index (χ1n) is 30.3. The van der Waals surface area contributed by atoms with Crippen LogP contribution in [0.2, 0.25) is 0 Å². The molecule has 15 nitrogen and oxygen atoms in total. The molecule has 0 aromatic rings. The molecule has 15 heteroatoms. The molecule has 0 radical (unpaired) electrons. The van der Waals surface area contributed by atoms with Crippen molar-refractivity contribution in [2.24, 2.45) is 5.92 Å². The maximum atomic E-state index is 12.4. The summed E-state index contributed by atoms with van der Waals surface area (Å²) in [7, 11) is 4.04. The van der Waals surface area contributed by atoms with E-state index in [0.29, 0.717) is 18.9 Å². The van der Waals surface area contributed by atoms with E-state index in [9.17, 15) is 30.0 Å². The van der Waals surface area contributed by atoms with Crippen LogP contribution in [-0.4, -0.2) is 161 Å². The Morgan fingerprint density at radius 1 is 0.361 bits per heavy atom. The van der Waals surface area contributed by atoms with Gasteiger partial charge in [-0.3, -0.25) is 9.59 Å². The molecule has 0 saturated carbocycles. The van der Waals surface area contributed by atoms with Gasteiger partial charge in [0.1, 0.15) is 18.3 Å². The Morgan fingerprint density at radius 3 is 1.07 bits per heavy atom. The van der Waals surface area contributed by atoms with Gasteiger partial charge < -0.3 is 68.1 Å². The van der Waals surface area contributed by atoms with E-state index in [0.717, 1.165) is 104 Å². The van der Waals surface area contributed by atoms with Crippen LogP contribution >= 0.6 is 0 Å². The van der Waals surface area contributed by atoms with Gasteiger partial charge in [-0.2, -0.15) is 0 Å². The van der Waals surface area contributed by atoms with Gasteiger partial charge in [0.15, 0.2) is 6.10 Å². The van der Waals surface area contributed by atoms with Crippen molar-refractivity contribution in [1.82, 2.24) is 42.5 Å². The molecule has 0 heterocycles. The minimum Gasteiger partial charge on any atom is -0.394 e. The lowest BCUT2D eigenvalue weighted by atomic mass is 10.00. The maximum absolute atomic E-state index is 12.4. The first-order valence-corrected chi connectivity index (χ1v) is 30.3. The number of rotatable bonds is 60. The molecular formula is C57H120N8O7. The minimum absolute atomic E-state index is 0.234. The van der Waals surface area contributed by atoms with Crippen LogP contribution in [0, 0.1) is 5.92 Å². The summed E-state index contributed by atoms with van der Waals surface area (Å²) in [6, 6.07) is 0. The predicted octanol–water partition coefficient (Wildman–Crippen LogP) is 6.72. The number of unbranched alkanes of at least 4 members (excludes halogenated alkanes) is 27. The van der Waals surface area contributed by atoms with Crippen LogP contribution in [0.5, 0.6) is 0 Å². The SMILES string of the molecule is CNCCCCNCCCCNCC(CCCCCCNC(=O)CCCCCCCCCCCCCCCCCCCCCCCNC(=O)[C@H](O)[C@@H](O)[C@H](O)[C@H](O)CO)CNCCCCNCCCCNC. The summed E-state index contributed by atoms with van der Waals surface area (Å²) < 4.78 is 0. The van der Waals surface area contributed by atoms with Crippen LogP contribution in [0.4, 0.5) is 0 Å². The van der Waals surface area contributed by atoms with E-state index in [1.807, 2.05) is 14.1 Å². The van der Waals surface area contributed by atoms with Gasteiger partial charge in [-0.25, -0.2) is 0 Å². The van der Waals surface area contributed by atoms with Crippen molar-refractivity contribution in [3.63, 3.8) is 0 Å². The third kappa shape index (κ3) is 49.4. The van der Waals surface area contributed by atoms with Crippen LogP contribution in [0.1, 0.15) is 225 Å². The lowest BCUT2D eigenvalue weighted by Gasteiger charge is -2.24. The second kappa shape index (κ2) is 57.2. The maximum Gasteiger partial charge on any atom is 0.251 e. The molecule has 0 fully saturated rings. The number of nitrogens with one attached hydrogen (secondary N) is 8. The quantitative estimate of drug-likeness (QED) is 0.0284. The standard InChI is InChI=1S/C57H120N8O7/c1-58-38-28-30-40-60-42-32-34-44-62-48-51(49-63-45-35-33-43-61-41-31-29-39-59-2)36-24-21-23-26-46-64-53(68)37-25-20-18-16-14-12-10-8-6-4-3-5-7-9-11-13-15-17-19-22-27-47-65-57(72)56(71)55(70)54(69)52(67)50-66/h51-52,54-56,58-63,66-67,69-71H,3-50H2,1-2H3,(H,64,68)(H,65,72)/t52-,54-,55+,56-/m1/s1. The number of amides is 2. The van der Waals surface area contributed by atoms with E-state index in [1.54, 1.807) is 0 Å². The third-order valence-electron chi connectivity index (χ3n) is 14.1. The number of hydrogen-bond donors (Lipinski definition) is 13. The Hall–Kier alpha value is -1.50. The van der Waals surface area contributed by atoms with Gasteiger partial charge in [-0.1, -0.05) is 141 Å². The van der Waals surface area contributed by atoms with Gasteiger partial charge >= 0.3 is 0 Å². The molecule has 0 aromatic heterocycles. The summed E-state index contributed by atoms with van der Waals surface area (Å²) in [5, 5.41) is 74.4. The topological polar surface area (TPSA) is 232 Å². The lowest BCUT2D eigenvalue weighted by molar-refractivity contribution is -0.148. The Balaban J connectivity index is 3.71. The van der Waals surface area contributed by atoms with Crippen molar-refractivity contribution in [3.05, 3.63) is 0 Å². The van der Waals surface area contributed by atoms with Gasteiger partial charge in [0.05, 0.1) is 6.61 Å². The molecule has 0 aliphatic carbocycles. The van der Waals surface area contributed by atoms with Crippen LogP contribution in [0.25, 0.3) is 0 Å². The van der Waals surface area contributed by atoms with E-state index >= 15 is 0 Å². The van der Waals surface area contributed by atoms with Crippen LogP contribution in [0.3, 0.4) is 0 Å². The molecule has 430 valence electrons. The highest BCUT2D eigenvalue weighted by molar-refractivity contribution is 5.81. The van der Waals surface area contributed by atoms with Crippen molar-refractivity contribution in [2.75, 3.05) is 99.2 Å². The molecule has 0 bridgehead atoms. The van der Waals surface area contributed by atoms with E-state index in [-0.39, 0.29) is 5.91 Å². The molecule has 72 heavy (non-hydrogen) atoms. The van der Waals surface area contributed by atoms with Crippen LogP contribution in [-0.2, 0) is 9.59 Å². The predicted molar refractivity (Wildman–Crippen MR) is 302 cm³/mol.